The fraction of sp³-hybridized carbons (Fsp3) is 0.444. The van der Waals surface area contributed by atoms with Crippen molar-refractivity contribution >= 4 is 10.9 Å². The molecule has 0 aliphatic carbocycles. The van der Waals surface area contributed by atoms with E-state index in [1.807, 2.05) is 0 Å². The molecule has 2 heteroatoms. The van der Waals surface area contributed by atoms with E-state index in [0.29, 0.717) is 0 Å². The predicted octanol–water partition coefficient (Wildman–Crippen LogP) is 4.50. The molecule has 0 bridgehead atoms. The highest BCUT2D eigenvalue weighted by Crippen LogP contribution is 2.21. The Hall–Kier alpha value is -1.54. The summed E-state index contributed by atoms with van der Waals surface area (Å²) < 4.78 is 2.32. The smallest absolute Gasteiger partial charge is 0.0483 e. The molecule has 20 heavy (non-hydrogen) atoms. The monoisotopic (exact) mass is 270 g/mol. The maximum absolute atomic E-state index is 3.99. The first-order valence-corrected chi connectivity index (χ1v) is 7.33. The molecule has 0 aliphatic rings. The zero-order valence-electron chi connectivity index (χ0n) is 13.2. The van der Waals surface area contributed by atoms with Crippen LogP contribution in [0.2, 0.25) is 0 Å². The number of hydrogen-bond donors (Lipinski definition) is 1. The van der Waals surface area contributed by atoms with E-state index < -0.39 is 0 Å². The molecule has 0 amide bonds. The van der Waals surface area contributed by atoms with Gasteiger partial charge >= 0.3 is 0 Å². The van der Waals surface area contributed by atoms with Crippen LogP contribution in [0.5, 0.6) is 0 Å². The van der Waals surface area contributed by atoms with E-state index in [0.717, 1.165) is 19.5 Å². The Balaban J connectivity index is 2.23. The van der Waals surface area contributed by atoms with Gasteiger partial charge in [-0.1, -0.05) is 17.7 Å². The van der Waals surface area contributed by atoms with Gasteiger partial charge in [-0.25, -0.2) is 0 Å². The van der Waals surface area contributed by atoms with Gasteiger partial charge in [0.15, 0.2) is 0 Å². The minimum Gasteiger partial charge on any atom is -0.347 e. The average Bonchev–Trinajstić information content (AvgIpc) is 2.76. The van der Waals surface area contributed by atoms with Gasteiger partial charge in [0.25, 0.3) is 0 Å². The van der Waals surface area contributed by atoms with Crippen LogP contribution in [-0.4, -0.2) is 10.1 Å². The van der Waals surface area contributed by atoms with Crippen molar-refractivity contribution in [2.75, 3.05) is 0 Å². The Bertz CT molecular complexity index is 599. The summed E-state index contributed by atoms with van der Waals surface area (Å²) >= 11 is 0. The molecule has 2 nitrogen and oxygen atoms in total. The summed E-state index contributed by atoms with van der Waals surface area (Å²) in [5.74, 6) is 0. The van der Waals surface area contributed by atoms with Crippen molar-refractivity contribution in [1.29, 1.82) is 0 Å². The van der Waals surface area contributed by atoms with Gasteiger partial charge in [-0.15, -0.1) is 6.58 Å². The summed E-state index contributed by atoms with van der Waals surface area (Å²) in [5, 5.41) is 4.92. The first-order valence-electron chi connectivity index (χ1n) is 7.33. The summed E-state index contributed by atoms with van der Waals surface area (Å²) in [6.45, 7) is 14.6. The Labute approximate surface area is 122 Å². The molecule has 1 aromatic heterocycles. The van der Waals surface area contributed by atoms with Crippen LogP contribution in [0, 0.1) is 0 Å². The summed E-state index contributed by atoms with van der Waals surface area (Å²) in [6.07, 6.45) is 3.22. The van der Waals surface area contributed by atoms with E-state index in [2.05, 4.69) is 74.6 Å². The third kappa shape index (κ3) is 3.73. The molecular weight excluding hydrogens is 244 g/mol. The third-order valence-electron chi connectivity index (χ3n) is 3.49. The number of nitrogens with one attached hydrogen (secondary N) is 1. The average molecular weight is 270 g/mol. The quantitative estimate of drug-likeness (QED) is 0.792. The van der Waals surface area contributed by atoms with E-state index in [-0.39, 0.29) is 5.54 Å². The van der Waals surface area contributed by atoms with Gasteiger partial charge in [0.05, 0.1) is 0 Å². The largest absolute Gasteiger partial charge is 0.347 e. The molecular formula is C18H26N2. The number of rotatable bonds is 5. The molecule has 1 N–H and O–H groups in total. The second kappa shape index (κ2) is 5.84. The van der Waals surface area contributed by atoms with E-state index in [4.69, 9.17) is 0 Å². The molecule has 108 valence electrons. The molecule has 2 aromatic rings. The van der Waals surface area contributed by atoms with Gasteiger partial charge in [0.2, 0.25) is 0 Å². The van der Waals surface area contributed by atoms with E-state index in [1.54, 1.807) is 0 Å². The summed E-state index contributed by atoms with van der Waals surface area (Å²) in [5.41, 5.74) is 4.06. The zero-order valence-corrected chi connectivity index (χ0v) is 13.2. The van der Waals surface area contributed by atoms with Crippen LogP contribution in [0.15, 0.2) is 42.6 Å². The second-order valence-electron chi connectivity index (χ2n) is 6.67. The highest BCUT2D eigenvalue weighted by Gasteiger charge is 2.11. The first-order chi connectivity index (χ1) is 9.37. The zero-order chi connectivity index (χ0) is 14.8. The maximum atomic E-state index is 3.99. The van der Waals surface area contributed by atoms with Crippen molar-refractivity contribution in [1.82, 2.24) is 9.88 Å². The lowest BCUT2D eigenvalue weighted by Crippen LogP contribution is -2.35. The second-order valence-corrected chi connectivity index (χ2v) is 6.67. The standard InChI is InChI=1S/C18H26N2/c1-14(2)9-11-20-12-10-16-15(7-6-8-17(16)20)13-19-18(3,4)5/h6-8,10,12,19H,1,9,11,13H2,2-5H3. The van der Waals surface area contributed by atoms with Crippen LogP contribution in [0.4, 0.5) is 0 Å². The normalized spacial score (nSPS) is 12.0. The molecule has 1 aromatic carbocycles. The lowest BCUT2D eigenvalue weighted by molar-refractivity contribution is 0.425. The molecule has 0 saturated carbocycles. The lowest BCUT2D eigenvalue weighted by Gasteiger charge is -2.21. The molecule has 0 spiro atoms. The molecule has 0 atom stereocenters. The molecule has 0 aliphatic heterocycles. The number of hydrogen-bond acceptors (Lipinski definition) is 1. The molecule has 0 saturated heterocycles. The van der Waals surface area contributed by atoms with E-state index in [9.17, 15) is 0 Å². The van der Waals surface area contributed by atoms with Crippen molar-refractivity contribution in [2.45, 2.75) is 52.7 Å². The Morgan fingerprint density at radius 2 is 2.00 bits per heavy atom. The molecule has 2 rings (SSSR count). The van der Waals surface area contributed by atoms with Crippen LogP contribution >= 0.6 is 0 Å². The number of allylic oxidation sites excluding steroid dienone is 1. The van der Waals surface area contributed by atoms with Crippen LogP contribution in [0.1, 0.15) is 39.7 Å². The molecule has 0 radical (unpaired) electrons. The van der Waals surface area contributed by atoms with Crippen molar-refractivity contribution in [3.05, 3.63) is 48.2 Å². The molecule has 0 fully saturated rings. The summed E-state index contributed by atoms with van der Waals surface area (Å²) in [4.78, 5) is 0. The SMILES string of the molecule is C=C(C)CCn1ccc2c(CNC(C)(C)C)cccc21. The maximum Gasteiger partial charge on any atom is 0.0483 e. The van der Waals surface area contributed by atoms with Crippen LogP contribution < -0.4 is 5.32 Å². The van der Waals surface area contributed by atoms with Gasteiger partial charge in [0, 0.05) is 35.7 Å². The number of aryl methyl sites for hydroxylation is 1. The van der Waals surface area contributed by atoms with E-state index >= 15 is 0 Å². The number of aromatic nitrogens is 1. The topological polar surface area (TPSA) is 17.0 Å². The van der Waals surface area contributed by atoms with Gasteiger partial charge < -0.3 is 9.88 Å². The van der Waals surface area contributed by atoms with Crippen molar-refractivity contribution in [2.24, 2.45) is 0 Å². The first kappa shape index (κ1) is 14.9. The van der Waals surface area contributed by atoms with Gasteiger partial charge in [-0.05, 0) is 51.8 Å². The Morgan fingerprint density at radius 3 is 2.65 bits per heavy atom. The molecule has 0 unspecified atom stereocenters. The Kier molecular flexibility index (Phi) is 4.34. The summed E-state index contributed by atoms with van der Waals surface area (Å²) in [7, 11) is 0. The van der Waals surface area contributed by atoms with E-state index in [1.165, 1.54) is 22.0 Å². The van der Waals surface area contributed by atoms with Gasteiger partial charge in [0.1, 0.15) is 0 Å². The number of nitrogens with zero attached hydrogens (tertiary/aromatic N) is 1. The van der Waals surface area contributed by atoms with Crippen LogP contribution in [-0.2, 0) is 13.1 Å². The minimum absolute atomic E-state index is 0.144. The van der Waals surface area contributed by atoms with Crippen molar-refractivity contribution < 1.29 is 0 Å². The highest BCUT2D eigenvalue weighted by atomic mass is 15.0. The number of fused-ring (bicyclic) bond motifs is 1. The van der Waals surface area contributed by atoms with Crippen molar-refractivity contribution in [3.8, 4) is 0 Å². The fourth-order valence-corrected chi connectivity index (χ4v) is 2.31. The fourth-order valence-electron chi connectivity index (χ4n) is 2.31. The van der Waals surface area contributed by atoms with Crippen LogP contribution in [0.25, 0.3) is 10.9 Å². The van der Waals surface area contributed by atoms with Crippen molar-refractivity contribution in [3.63, 3.8) is 0 Å². The molecule has 1 heterocycles. The lowest BCUT2D eigenvalue weighted by atomic mass is 10.1. The number of benzene rings is 1. The predicted molar refractivity (Wildman–Crippen MR) is 88.0 cm³/mol. The summed E-state index contributed by atoms with van der Waals surface area (Å²) in [6, 6.07) is 8.80. The minimum atomic E-state index is 0.144. The Morgan fingerprint density at radius 1 is 1.25 bits per heavy atom. The highest BCUT2D eigenvalue weighted by molar-refractivity contribution is 5.83. The van der Waals surface area contributed by atoms with Gasteiger partial charge in [-0.3, -0.25) is 0 Å². The van der Waals surface area contributed by atoms with Crippen LogP contribution in [0.3, 0.4) is 0 Å². The van der Waals surface area contributed by atoms with Gasteiger partial charge in [-0.2, -0.15) is 0 Å². The third-order valence-corrected chi connectivity index (χ3v) is 3.49.